The lowest BCUT2D eigenvalue weighted by Gasteiger charge is -2.46. The maximum absolute atomic E-state index is 12.1. The maximum Gasteiger partial charge on any atom is 0.331 e. The number of rotatable bonds is 5. The summed E-state index contributed by atoms with van der Waals surface area (Å²) in [5.74, 6) is 0.863. The standard InChI is InChI=1S/C21H31N3O4/c25-15-21(8-12-23(13-9-21)24-11-3-10-22-20(24)27)14-17(26)19-7-6-16-4-1-2-5-18(16)28-19/h1-2,4-5,17,19,25-26H,3,6-15H2,(H,22,27). The molecule has 3 aliphatic heterocycles. The number of aryl methyl sites for hydroxylation is 1. The number of aliphatic hydroxyl groups excluding tert-OH is 2. The molecule has 7 heteroatoms. The lowest BCUT2D eigenvalue weighted by atomic mass is 9.74. The van der Waals surface area contributed by atoms with E-state index in [2.05, 4.69) is 16.4 Å². The zero-order chi connectivity index (χ0) is 19.6. The number of hydrogen-bond donors (Lipinski definition) is 3. The van der Waals surface area contributed by atoms with Crippen LogP contribution in [-0.2, 0) is 6.42 Å². The first-order valence-corrected chi connectivity index (χ1v) is 10.4. The molecule has 28 heavy (non-hydrogen) atoms. The molecule has 0 radical (unpaired) electrons. The van der Waals surface area contributed by atoms with Crippen molar-refractivity contribution in [2.75, 3.05) is 32.8 Å². The van der Waals surface area contributed by atoms with E-state index in [0.29, 0.717) is 6.42 Å². The number of nitrogens with zero attached hydrogens (tertiary/aromatic N) is 2. The van der Waals surface area contributed by atoms with Crippen molar-refractivity contribution in [1.29, 1.82) is 0 Å². The van der Waals surface area contributed by atoms with Gasteiger partial charge in [-0.15, -0.1) is 0 Å². The summed E-state index contributed by atoms with van der Waals surface area (Å²) in [7, 11) is 0. The molecule has 3 N–H and O–H groups in total. The number of fused-ring (bicyclic) bond motifs is 1. The summed E-state index contributed by atoms with van der Waals surface area (Å²) >= 11 is 0. The first-order valence-electron chi connectivity index (χ1n) is 10.4. The van der Waals surface area contributed by atoms with Crippen LogP contribution in [0.15, 0.2) is 24.3 Å². The first kappa shape index (κ1) is 19.5. The Bertz CT molecular complexity index is 690. The molecule has 2 atom stereocenters. The van der Waals surface area contributed by atoms with Gasteiger partial charge in [-0.05, 0) is 55.6 Å². The third kappa shape index (κ3) is 3.97. The van der Waals surface area contributed by atoms with Crippen molar-refractivity contribution in [3.8, 4) is 5.75 Å². The zero-order valence-electron chi connectivity index (χ0n) is 16.3. The van der Waals surface area contributed by atoms with Crippen LogP contribution < -0.4 is 10.1 Å². The van der Waals surface area contributed by atoms with Gasteiger partial charge in [0.05, 0.1) is 6.10 Å². The SMILES string of the molecule is O=C1NCCCN1N1CCC(CO)(CC(O)C2CCc3ccccc3O2)CC1. The van der Waals surface area contributed by atoms with Crippen LogP contribution in [0, 0.1) is 5.41 Å². The van der Waals surface area contributed by atoms with E-state index in [4.69, 9.17) is 4.74 Å². The van der Waals surface area contributed by atoms with Crippen LogP contribution in [-0.4, -0.2) is 71.3 Å². The van der Waals surface area contributed by atoms with Crippen molar-refractivity contribution in [3.63, 3.8) is 0 Å². The van der Waals surface area contributed by atoms with Gasteiger partial charge in [0.25, 0.3) is 0 Å². The number of hydrazine groups is 1. The van der Waals surface area contributed by atoms with Gasteiger partial charge >= 0.3 is 6.03 Å². The molecule has 0 spiro atoms. The summed E-state index contributed by atoms with van der Waals surface area (Å²) < 4.78 is 6.05. The van der Waals surface area contributed by atoms with Crippen molar-refractivity contribution in [1.82, 2.24) is 15.3 Å². The Kier molecular flexibility index (Phi) is 5.75. The van der Waals surface area contributed by atoms with Gasteiger partial charge < -0.3 is 20.3 Å². The van der Waals surface area contributed by atoms with Crippen LogP contribution in [0.1, 0.15) is 37.7 Å². The van der Waals surface area contributed by atoms with Gasteiger partial charge in [0.1, 0.15) is 11.9 Å². The number of piperidine rings is 1. The molecule has 154 valence electrons. The second-order valence-corrected chi connectivity index (χ2v) is 8.39. The van der Waals surface area contributed by atoms with E-state index in [1.54, 1.807) is 5.01 Å². The molecule has 3 heterocycles. The number of carbonyl (C=O) groups excluding carboxylic acids is 1. The number of carbonyl (C=O) groups is 1. The monoisotopic (exact) mass is 389 g/mol. The van der Waals surface area contributed by atoms with Gasteiger partial charge in [0, 0.05) is 32.8 Å². The summed E-state index contributed by atoms with van der Waals surface area (Å²) in [5.41, 5.74) is 0.874. The maximum atomic E-state index is 12.1. The Morgan fingerprint density at radius 2 is 2.04 bits per heavy atom. The number of benzene rings is 1. The zero-order valence-corrected chi connectivity index (χ0v) is 16.3. The highest BCUT2D eigenvalue weighted by Gasteiger charge is 2.40. The average Bonchev–Trinajstić information content (AvgIpc) is 2.74. The predicted octanol–water partition coefficient (Wildman–Crippen LogP) is 1.54. The average molecular weight is 389 g/mol. The Labute approximate surface area is 166 Å². The highest BCUT2D eigenvalue weighted by Crippen LogP contribution is 2.38. The number of para-hydroxylation sites is 1. The normalized spacial score (nSPS) is 26.1. The fourth-order valence-electron chi connectivity index (χ4n) is 4.72. The fourth-order valence-corrected chi connectivity index (χ4v) is 4.72. The fraction of sp³-hybridized carbons (Fsp3) is 0.667. The van der Waals surface area contributed by atoms with Crippen LogP contribution in [0.2, 0.25) is 0 Å². The van der Waals surface area contributed by atoms with Crippen molar-refractivity contribution >= 4 is 6.03 Å². The van der Waals surface area contributed by atoms with Crippen LogP contribution in [0.4, 0.5) is 4.79 Å². The Morgan fingerprint density at radius 3 is 2.79 bits per heavy atom. The highest BCUT2D eigenvalue weighted by atomic mass is 16.5. The molecule has 0 saturated carbocycles. The van der Waals surface area contributed by atoms with E-state index < -0.39 is 6.10 Å². The molecule has 4 rings (SSSR count). The first-order chi connectivity index (χ1) is 13.6. The Hall–Kier alpha value is -1.83. The van der Waals surface area contributed by atoms with Gasteiger partial charge in [-0.3, -0.25) is 5.01 Å². The van der Waals surface area contributed by atoms with Crippen LogP contribution in [0.25, 0.3) is 0 Å². The molecular weight excluding hydrogens is 358 g/mol. The van der Waals surface area contributed by atoms with Gasteiger partial charge in [0.15, 0.2) is 0 Å². The molecule has 1 aromatic rings. The number of ether oxygens (including phenoxy) is 1. The van der Waals surface area contributed by atoms with E-state index in [1.807, 2.05) is 18.2 Å². The van der Waals surface area contributed by atoms with Crippen molar-refractivity contribution in [3.05, 3.63) is 29.8 Å². The molecule has 2 amide bonds. The molecule has 2 saturated heterocycles. The van der Waals surface area contributed by atoms with Crippen LogP contribution >= 0.6 is 0 Å². The molecule has 7 nitrogen and oxygen atoms in total. The minimum Gasteiger partial charge on any atom is -0.487 e. The van der Waals surface area contributed by atoms with Crippen molar-refractivity contribution in [2.45, 2.75) is 50.7 Å². The van der Waals surface area contributed by atoms with E-state index in [1.165, 1.54) is 5.56 Å². The lowest BCUT2D eigenvalue weighted by Crippen LogP contribution is -2.58. The summed E-state index contributed by atoms with van der Waals surface area (Å²) in [6.45, 7) is 2.97. The number of amides is 2. The molecule has 3 aliphatic rings. The largest absolute Gasteiger partial charge is 0.487 e. The molecule has 0 aliphatic carbocycles. The summed E-state index contributed by atoms with van der Waals surface area (Å²) in [6.07, 6.45) is 3.85. The second-order valence-electron chi connectivity index (χ2n) is 8.39. The summed E-state index contributed by atoms with van der Waals surface area (Å²) in [4.78, 5) is 12.1. The van der Waals surface area contributed by atoms with Crippen molar-refractivity contribution in [2.24, 2.45) is 5.41 Å². The number of aliphatic hydroxyl groups is 2. The Morgan fingerprint density at radius 1 is 1.25 bits per heavy atom. The van der Waals surface area contributed by atoms with Gasteiger partial charge in [-0.1, -0.05) is 18.2 Å². The molecular formula is C21H31N3O4. The number of hydrogen-bond acceptors (Lipinski definition) is 5. The van der Waals surface area contributed by atoms with Gasteiger partial charge in [-0.25, -0.2) is 9.80 Å². The van der Waals surface area contributed by atoms with Gasteiger partial charge in [-0.2, -0.15) is 0 Å². The third-order valence-corrected chi connectivity index (χ3v) is 6.56. The second kappa shape index (κ2) is 8.27. The third-order valence-electron chi connectivity index (χ3n) is 6.56. The minimum absolute atomic E-state index is 0.0305. The molecule has 2 fully saturated rings. The number of nitrogens with one attached hydrogen (secondary N) is 1. The quantitative estimate of drug-likeness (QED) is 0.711. The van der Waals surface area contributed by atoms with E-state index in [9.17, 15) is 15.0 Å². The van der Waals surface area contributed by atoms with E-state index in [-0.39, 0.29) is 24.2 Å². The topological polar surface area (TPSA) is 85.3 Å². The Balaban J connectivity index is 1.35. The van der Waals surface area contributed by atoms with Crippen LogP contribution in [0.3, 0.4) is 0 Å². The summed E-state index contributed by atoms with van der Waals surface area (Å²) in [6, 6.07) is 7.96. The van der Waals surface area contributed by atoms with Crippen molar-refractivity contribution < 1.29 is 19.7 Å². The molecule has 0 bridgehead atoms. The molecule has 2 unspecified atom stereocenters. The molecule has 0 aromatic heterocycles. The highest BCUT2D eigenvalue weighted by molar-refractivity contribution is 5.74. The van der Waals surface area contributed by atoms with E-state index >= 15 is 0 Å². The van der Waals surface area contributed by atoms with Crippen LogP contribution in [0.5, 0.6) is 5.75 Å². The smallest absolute Gasteiger partial charge is 0.331 e. The minimum atomic E-state index is -0.606. The lowest BCUT2D eigenvalue weighted by molar-refractivity contribution is -0.0802. The molecule has 1 aromatic carbocycles. The summed E-state index contributed by atoms with van der Waals surface area (Å²) in [5, 5.41) is 27.8. The van der Waals surface area contributed by atoms with Gasteiger partial charge in [0.2, 0.25) is 0 Å². The number of urea groups is 1. The van der Waals surface area contributed by atoms with E-state index in [0.717, 1.165) is 64.0 Å². The predicted molar refractivity (Wildman–Crippen MR) is 105 cm³/mol.